The van der Waals surface area contributed by atoms with Crippen LogP contribution in [-0.2, 0) is 9.59 Å². The molecular weight excluding hydrogens is 450 g/mol. The smallest absolute Gasteiger partial charge is 0.241 e. The van der Waals surface area contributed by atoms with Gasteiger partial charge in [0.1, 0.15) is 17.7 Å². The molecule has 0 aliphatic carbocycles. The average molecular weight is 479 g/mol. The number of carbonyl (C=O) groups is 2. The first-order valence-corrected chi connectivity index (χ1v) is 12.1. The molecule has 0 aromatic heterocycles. The second-order valence-electron chi connectivity index (χ2n) is 9.83. The number of likely N-dealkylation sites (tertiary alicyclic amines) is 3. The van der Waals surface area contributed by atoms with E-state index in [1.165, 1.54) is 24.3 Å². The van der Waals surface area contributed by atoms with Gasteiger partial charge >= 0.3 is 0 Å². The predicted molar refractivity (Wildman–Crippen MR) is 125 cm³/mol. The third kappa shape index (κ3) is 4.30. The van der Waals surface area contributed by atoms with Gasteiger partial charge in [0.05, 0.1) is 18.2 Å². The fraction of sp³-hybridized carbons (Fsp3) is 0.444. The summed E-state index contributed by atoms with van der Waals surface area (Å²) in [4.78, 5) is 32.2. The number of rotatable bonds is 6. The molecule has 3 saturated heterocycles. The van der Waals surface area contributed by atoms with Gasteiger partial charge in [0.15, 0.2) is 0 Å². The van der Waals surface area contributed by atoms with E-state index in [0.717, 1.165) is 17.5 Å². The summed E-state index contributed by atoms with van der Waals surface area (Å²) in [6, 6.07) is 13.2. The largest absolute Gasteiger partial charge is 0.326 e. The molecular formula is C27H28F2N4O2. The summed E-state index contributed by atoms with van der Waals surface area (Å²) in [5.74, 6) is -1.09. The Hall–Kier alpha value is -3.31. The molecule has 6 nitrogen and oxygen atoms in total. The molecule has 0 radical (unpaired) electrons. The topological polar surface area (TPSA) is 67.7 Å². The molecule has 0 unspecified atom stereocenters. The maximum absolute atomic E-state index is 13.6. The highest BCUT2D eigenvalue weighted by atomic mass is 19.1. The van der Waals surface area contributed by atoms with Crippen molar-refractivity contribution in [3.05, 3.63) is 71.3 Å². The Bertz CT molecular complexity index is 1100. The molecule has 3 aliphatic heterocycles. The summed E-state index contributed by atoms with van der Waals surface area (Å²) < 4.78 is 27.2. The monoisotopic (exact) mass is 478 g/mol. The lowest BCUT2D eigenvalue weighted by atomic mass is 9.95. The molecule has 2 amide bonds. The van der Waals surface area contributed by atoms with Gasteiger partial charge in [-0.15, -0.1) is 0 Å². The Morgan fingerprint density at radius 3 is 2.23 bits per heavy atom. The van der Waals surface area contributed by atoms with Crippen molar-refractivity contribution in [1.82, 2.24) is 14.7 Å². The normalized spacial score (nSPS) is 24.9. The van der Waals surface area contributed by atoms with Crippen molar-refractivity contribution in [2.45, 2.75) is 50.4 Å². The van der Waals surface area contributed by atoms with Crippen LogP contribution in [0.3, 0.4) is 0 Å². The lowest BCUT2D eigenvalue weighted by Gasteiger charge is -2.40. The molecule has 0 spiro atoms. The van der Waals surface area contributed by atoms with E-state index in [1.807, 2.05) is 11.8 Å². The Kier molecular flexibility index (Phi) is 6.28. The van der Waals surface area contributed by atoms with E-state index in [2.05, 4.69) is 11.0 Å². The highest BCUT2D eigenvalue weighted by Gasteiger charge is 2.52. The lowest BCUT2D eigenvalue weighted by Crippen LogP contribution is -2.53. The molecule has 2 bridgehead atoms. The zero-order valence-corrected chi connectivity index (χ0v) is 19.6. The van der Waals surface area contributed by atoms with E-state index in [0.29, 0.717) is 32.5 Å². The van der Waals surface area contributed by atoms with Crippen LogP contribution in [0.15, 0.2) is 48.5 Å². The third-order valence-corrected chi connectivity index (χ3v) is 7.58. The predicted octanol–water partition coefficient (Wildman–Crippen LogP) is 3.49. The minimum Gasteiger partial charge on any atom is -0.326 e. The molecule has 3 aliphatic rings. The van der Waals surface area contributed by atoms with Crippen molar-refractivity contribution in [2.24, 2.45) is 5.92 Å². The van der Waals surface area contributed by atoms with Crippen LogP contribution in [0.1, 0.15) is 43.4 Å². The number of benzene rings is 2. The summed E-state index contributed by atoms with van der Waals surface area (Å²) in [7, 11) is 0. The van der Waals surface area contributed by atoms with Crippen LogP contribution in [0.4, 0.5) is 8.78 Å². The van der Waals surface area contributed by atoms with Crippen LogP contribution >= 0.6 is 0 Å². The highest BCUT2D eigenvalue weighted by Crippen LogP contribution is 2.41. The summed E-state index contributed by atoms with van der Waals surface area (Å²) in [6.45, 7) is 3.57. The van der Waals surface area contributed by atoms with E-state index in [1.54, 1.807) is 29.2 Å². The van der Waals surface area contributed by atoms with Gasteiger partial charge in [-0.1, -0.05) is 31.2 Å². The Morgan fingerprint density at radius 2 is 1.69 bits per heavy atom. The van der Waals surface area contributed by atoms with Crippen LogP contribution in [0, 0.1) is 28.9 Å². The highest BCUT2D eigenvalue weighted by molar-refractivity contribution is 5.87. The molecule has 2 aromatic carbocycles. The average Bonchev–Trinajstić information content (AvgIpc) is 3.57. The van der Waals surface area contributed by atoms with Crippen LogP contribution in [0.25, 0.3) is 0 Å². The van der Waals surface area contributed by atoms with Gasteiger partial charge in [-0.25, -0.2) is 8.78 Å². The van der Waals surface area contributed by atoms with Crippen molar-refractivity contribution in [3.63, 3.8) is 0 Å². The Morgan fingerprint density at radius 1 is 1.09 bits per heavy atom. The van der Waals surface area contributed by atoms with Crippen LogP contribution in [0.2, 0.25) is 0 Å². The standard InChI is InChI=1S/C27H28F2N4O2/c1-17(26(34)32-12-2-3-22(32)14-30)15-31-16-23-13-24(31)27(35)33(23)25(18-4-8-20(28)9-5-18)19-6-10-21(29)11-7-19/h4-11,17,22-25H,2-3,12-13,15-16H2,1H3/t17-,22-,23-,24-/m0/s1. The van der Waals surface area contributed by atoms with Crippen molar-refractivity contribution in [3.8, 4) is 6.07 Å². The fourth-order valence-electron chi connectivity index (χ4n) is 5.91. The summed E-state index contributed by atoms with van der Waals surface area (Å²) >= 11 is 0. The van der Waals surface area contributed by atoms with Crippen molar-refractivity contribution in [1.29, 1.82) is 5.26 Å². The van der Waals surface area contributed by atoms with Gasteiger partial charge in [0.25, 0.3) is 0 Å². The zero-order valence-electron chi connectivity index (χ0n) is 19.6. The molecule has 8 heteroatoms. The van der Waals surface area contributed by atoms with E-state index >= 15 is 0 Å². The van der Waals surface area contributed by atoms with Gasteiger partial charge < -0.3 is 9.80 Å². The number of nitriles is 1. The molecule has 3 heterocycles. The van der Waals surface area contributed by atoms with Gasteiger partial charge in [0, 0.05) is 31.6 Å². The summed E-state index contributed by atoms with van der Waals surface area (Å²) in [5.41, 5.74) is 1.54. The Balaban J connectivity index is 1.34. The number of carbonyl (C=O) groups excluding carboxylic acids is 2. The second kappa shape index (κ2) is 9.38. The van der Waals surface area contributed by atoms with Gasteiger partial charge in [-0.2, -0.15) is 5.26 Å². The van der Waals surface area contributed by atoms with E-state index in [4.69, 9.17) is 0 Å². The Labute approximate surface area is 203 Å². The van der Waals surface area contributed by atoms with Crippen LogP contribution in [0.5, 0.6) is 0 Å². The van der Waals surface area contributed by atoms with Crippen LogP contribution in [-0.4, -0.2) is 64.3 Å². The SMILES string of the molecule is C[C@@H](CN1C[C@@H]2C[C@H]1C(=O)N2C(c1ccc(F)cc1)c1ccc(F)cc1)C(=O)N1CCC[C@H]1C#N. The first kappa shape index (κ1) is 23.4. The lowest BCUT2D eigenvalue weighted by molar-refractivity contribution is -0.141. The molecule has 2 aromatic rings. The quantitative estimate of drug-likeness (QED) is 0.638. The number of piperazine rings is 1. The summed E-state index contributed by atoms with van der Waals surface area (Å²) in [5, 5.41) is 9.33. The van der Waals surface area contributed by atoms with E-state index in [-0.39, 0.29) is 47.5 Å². The second-order valence-corrected chi connectivity index (χ2v) is 9.83. The maximum Gasteiger partial charge on any atom is 0.241 e. The maximum atomic E-state index is 13.6. The molecule has 4 atom stereocenters. The van der Waals surface area contributed by atoms with Crippen molar-refractivity contribution < 1.29 is 18.4 Å². The van der Waals surface area contributed by atoms with Gasteiger partial charge in [-0.3, -0.25) is 14.5 Å². The van der Waals surface area contributed by atoms with E-state index in [9.17, 15) is 23.6 Å². The van der Waals surface area contributed by atoms with E-state index < -0.39 is 6.04 Å². The van der Waals surface area contributed by atoms with Crippen molar-refractivity contribution >= 4 is 11.8 Å². The number of nitrogens with zero attached hydrogens (tertiary/aromatic N) is 4. The zero-order chi connectivity index (χ0) is 24.7. The number of halogens is 2. The number of fused-ring (bicyclic) bond motifs is 2. The first-order chi connectivity index (χ1) is 16.9. The number of amides is 2. The minimum atomic E-state index is -0.444. The van der Waals surface area contributed by atoms with Gasteiger partial charge in [-0.05, 0) is 54.7 Å². The molecule has 35 heavy (non-hydrogen) atoms. The first-order valence-electron chi connectivity index (χ1n) is 12.1. The molecule has 0 saturated carbocycles. The van der Waals surface area contributed by atoms with Gasteiger partial charge in [0.2, 0.25) is 11.8 Å². The fourth-order valence-corrected chi connectivity index (χ4v) is 5.91. The molecule has 182 valence electrons. The molecule has 5 rings (SSSR count). The molecule has 0 N–H and O–H groups in total. The molecule has 3 fully saturated rings. The number of hydrogen-bond donors (Lipinski definition) is 0. The van der Waals surface area contributed by atoms with Crippen molar-refractivity contribution in [2.75, 3.05) is 19.6 Å². The minimum absolute atomic E-state index is 0.0309. The van der Waals surface area contributed by atoms with Crippen LogP contribution < -0.4 is 0 Å². The summed E-state index contributed by atoms with van der Waals surface area (Å²) in [6.07, 6.45) is 2.21. The third-order valence-electron chi connectivity index (χ3n) is 7.58. The number of hydrogen-bond acceptors (Lipinski definition) is 4.